The number of nitrogens with one attached hydrogen (secondary N) is 1. The zero-order valence-corrected chi connectivity index (χ0v) is 16.7. The Morgan fingerprint density at radius 2 is 1.81 bits per heavy atom. The van der Waals surface area contributed by atoms with Gasteiger partial charge in [-0.15, -0.1) is 24.8 Å². The number of carbonyl (C=O) groups excluding carboxylic acids is 1. The van der Waals surface area contributed by atoms with Crippen LogP contribution in [0.4, 0.5) is 11.4 Å². The van der Waals surface area contributed by atoms with E-state index < -0.39 is 0 Å². The molecule has 0 bridgehead atoms. The van der Waals surface area contributed by atoms with Crippen LogP contribution >= 0.6 is 24.8 Å². The summed E-state index contributed by atoms with van der Waals surface area (Å²) in [6.07, 6.45) is 3.91. The minimum Gasteiger partial charge on any atom is -0.399 e. The maximum absolute atomic E-state index is 12.5. The van der Waals surface area contributed by atoms with Crippen LogP contribution in [0, 0.1) is 6.92 Å². The SMILES string of the molecule is Cc1ccc(N)cc1C(=O)Nc1cccc(CN2CCCCC2)c1.Cl.Cl. The molecule has 0 aliphatic carbocycles. The van der Waals surface area contributed by atoms with Gasteiger partial charge in [0.1, 0.15) is 0 Å². The van der Waals surface area contributed by atoms with Gasteiger partial charge in [-0.2, -0.15) is 0 Å². The second-order valence-electron chi connectivity index (χ2n) is 6.57. The number of benzene rings is 2. The van der Waals surface area contributed by atoms with Gasteiger partial charge in [-0.1, -0.05) is 24.6 Å². The summed E-state index contributed by atoms with van der Waals surface area (Å²) in [6.45, 7) is 5.19. The third-order valence-corrected chi connectivity index (χ3v) is 4.55. The number of nitrogens with two attached hydrogens (primary N) is 1. The molecule has 1 amide bonds. The van der Waals surface area contributed by atoms with E-state index in [2.05, 4.69) is 22.3 Å². The first kappa shape index (κ1) is 22.3. The molecule has 3 rings (SSSR count). The molecule has 6 heteroatoms. The van der Waals surface area contributed by atoms with Gasteiger partial charge >= 0.3 is 0 Å². The Kier molecular flexibility index (Phi) is 8.93. The molecule has 0 atom stereocenters. The van der Waals surface area contributed by atoms with E-state index in [0.29, 0.717) is 11.3 Å². The fraction of sp³-hybridized carbons (Fsp3) is 0.350. The molecule has 1 heterocycles. The largest absolute Gasteiger partial charge is 0.399 e. The molecule has 3 N–H and O–H groups in total. The monoisotopic (exact) mass is 395 g/mol. The molecule has 1 fully saturated rings. The molecule has 0 aromatic heterocycles. The van der Waals surface area contributed by atoms with Crippen LogP contribution in [0.2, 0.25) is 0 Å². The molecular weight excluding hydrogens is 369 g/mol. The first-order valence-electron chi connectivity index (χ1n) is 8.60. The smallest absolute Gasteiger partial charge is 0.256 e. The van der Waals surface area contributed by atoms with Crippen molar-refractivity contribution in [2.45, 2.75) is 32.7 Å². The van der Waals surface area contributed by atoms with Gasteiger partial charge in [0.05, 0.1) is 0 Å². The molecular formula is C20H27Cl2N3O. The average Bonchev–Trinajstić information content (AvgIpc) is 2.58. The fourth-order valence-electron chi connectivity index (χ4n) is 3.21. The normalized spacial score (nSPS) is 14.0. The molecule has 142 valence electrons. The lowest BCUT2D eigenvalue weighted by Crippen LogP contribution is -2.29. The predicted molar refractivity (Wildman–Crippen MR) is 114 cm³/mol. The zero-order valence-electron chi connectivity index (χ0n) is 15.0. The van der Waals surface area contributed by atoms with Crippen molar-refractivity contribution >= 4 is 42.1 Å². The highest BCUT2D eigenvalue weighted by Crippen LogP contribution is 2.18. The topological polar surface area (TPSA) is 58.4 Å². The summed E-state index contributed by atoms with van der Waals surface area (Å²) in [5.74, 6) is -0.116. The summed E-state index contributed by atoms with van der Waals surface area (Å²) in [4.78, 5) is 15.0. The van der Waals surface area contributed by atoms with Gasteiger partial charge in [0, 0.05) is 23.5 Å². The molecule has 26 heavy (non-hydrogen) atoms. The van der Waals surface area contributed by atoms with E-state index in [1.807, 2.05) is 31.2 Å². The number of amides is 1. The first-order valence-corrected chi connectivity index (χ1v) is 8.60. The molecule has 0 unspecified atom stereocenters. The lowest BCUT2D eigenvalue weighted by atomic mass is 10.1. The van der Waals surface area contributed by atoms with Crippen molar-refractivity contribution < 1.29 is 4.79 Å². The van der Waals surface area contributed by atoms with E-state index in [4.69, 9.17) is 5.73 Å². The third-order valence-electron chi connectivity index (χ3n) is 4.55. The van der Waals surface area contributed by atoms with E-state index >= 15 is 0 Å². The number of carbonyl (C=O) groups is 1. The molecule has 4 nitrogen and oxygen atoms in total. The van der Waals surface area contributed by atoms with Gasteiger partial charge in [-0.3, -0.25) is 9.69 Å². The highest BCUT2D eigenvalue weighted by Gasteiger charge is 2.12. The standard InChI is InChI=1S/C20H25N3O.2ClH/c1-15-8-9-17(21)13-19(15)20(24)22-18-7-5-6-16(12-18)14-23-10-3-2-4-11-23;;/h5-9,12-13H,2-4,10-11,14,21H2,1H3,(H,22,24);2*1H. The van der Waals surface area contributed by atoms with Crippen molar-refractivity contribution in [2.75, 3.05) is 24.1 Å². The van der Waals surface area contributed by atoms with Crippen LogP contribution in [-0.4, -0.2) is 23.9 Å². The van der Waals surface area contributed by atoms with Crippen molar-refractivity contribution in [3.63, 3.8) is 0 Å². The molecule has 1 aliphatic heterocycles. The quantitative estimate of drug-likeness (QED) is 0.739. The van der Waals surface area contributed by atoms with Crippen molar-refractivity contribution in [1.82, 2.24) is 4.90 Å². The second-order valence-corrected chi connectivity index (χ2v) is 6.57. The van der Waals surface area contributed by atoms with Crippen LogP contribution in [0.25, 0.3) is 0 Å². The number of likely N-dealkylation sites (tertiary alicyclic amines) is 1. The van der Waals surface area contributed by atoms with Gasteiger partial charge in [0.15, 0.2) is 0 Å². The van der Waals surface area contributed by atoms with E-state index in [0.717, 1.165) is 17.8 Å². The molecule has 0 saturated carbocycles. The van der Waals surface area contributed by atoms with E-state index in [1.54, 1.807) is 6.07 Å². The highest BCUT2D eigenvalue weighted by atomic mass is 35.5. The van der Waals surface area contributed by atoms with Crippen LogP contribution in [0.1, 0.15) is 40.7 Å². The average molecular weight is 396 g/mol. The van der Waals surface area contributed by atoms with Crippen molar-refractivity contribution in [3.8, 4) is 0 Å². The number of nitrogen functional groups attached to an aromatic ring is 1. The van der Waals surface area contributed by atoms with Gasteiger partial charge in [-0.05, 0) is 68.2 Å². The fourth-order valence-corrected chi connectivity index (χ4v) is 3.21. The van der Waals surface area contributed by atoms with Crippen molar-refractivity contribution in [2.24, 2.45) is 0 Å². The Balaban J connectivity index is 0.00000169. The van der Waals surface area contributed by atoms with Crippen LogP contribution in [0.5, 0.6) is 0 Å². The van der Waals surface area contributed by atoms with E-state index in [-0.39, 0.29) is 30.7 Å². The van der Waals surface area contributed by atoms with E-state index in [9.17, 15) is 4.79 Å². The van der Waals surface area contributed by atoms with Gasteiger partial charge < -0.3 is 11.1 Å². The number of piperidine rings is 1. The number of hydrogen-bond acceptors (Lipinski definition) is 3. The number of nitrogens with zero attached hydrogens (tertiary/aromatic N) is 1. The van der Waals surface area contributed by atoms with E-state index in [1.165, 1.54) is 37.9 Å². The van der Waals surface area contributed by atoms with Crippen LogP contribution in [-0.2, 0) is 6.54 Å². The molecule has 2 aromatic carbocycles. The maximum atomic E-state index is 12.5. The Bertz CT molecular complexity index is 731. The summed E-state index contributed by atoms with van der Waals surface area (Å²) in [6, 6.07) is 13.5. The van der Waals surface area contributed by atoms with Crippen molar-refractivity contribution in [1.29, 1.82) is 0 Å². The summed E-state index contributed by atoms with van der Waals surface area (Å²) in [5, 5.41) is 2.99. The lowest BCUT2D eigenvalue weighted by Gasteiger charge is -2.26. The first-order chi connectivity index (χ1) is 11.6. The van der Waals surface area contributed by atoms with Gasteiger partial charge in [-0.25, -0.2) is 0 Å². The summed E-state index contributed by atoms with van der Waals surface area (Å²) in [5.41, 5.74) is 10.0. The zero-order chi connectivity index (χ0) is 16.9. The van der Waals surface area contributed by atoms with Gasteiger partial charge in [0.25, 0.3) is 5.91 Å². The van der Waals surface area contributed by atoms with Crippen molar-refractivity contribution in [3.05, 3.63) is 59.2 Å². The molecule has 0 radical (unpaired) electrons. The van der Waals surface area contributed by atoms with Crippen LogP contribution in [0.3, 0.4) is 0 Å². The third kappa shape index (κ3) is 5.90. The number of hydrogen-bond donors (Lipinski definition) is 2. The number of aryl methyl sites for hydroxylation is 1. The number of halogens is 2. The minimum atomic E-state index is -0.116. The van der Waals surface area contributed by atoms with Gasteiger partial charge in [0.2, 0.25) is 0 Å². The molecule has 0 spiro atoms. The number of rotatable bonds is 4. The highest BCUT2D eigenvalue weighted by molar-refractivity contribution is 6.05. The summed E-state index contributed by atoms with van der Waals surface area (Å²) in [7, 11) is 0. The Labute approximate surface area is 168 Å². The predicted octanol–water partition coefficient (Wildman–Crippen LogP) is 4.66. The summed E-state index contributed by atoms with van der Waals surface area (Å²) >= 11 is 0. The molecule has 2 aromatic rings. The molecule has 1 saturated heterocycles. The summed E-state index contributed by atoms with van der Waals surface area (Å²) < 4.78 is 0. The number of anilines is 2. The second kappa shape index (κ2) is 10.4. The van der Waals surface area contributed by atoms with Crippen LogP contribution < -0.4 is 11.1 Å². The lowest BCUT2D eigenvalue weighted by molar-refractivity contribution is 0.102. The Morgan fingerprint density at radius 3 is 2.54 bits per heavy atom. The Morgan fingerprint density at radius 1 is 1.08 bits per heavy atom. The maximum Gasteiger partial charge on any atom is 0.256 e. The molecule has 1 aliphatic rings. The minimum absolute atomic E-state index is 0. The van der Waals surface area contributed by atoms with Crippen LogP contribution in [0.15, 0.2) is 42.5 Å². The Hall–Kier alpha value is -1.75.